The van der Waals surface area contributed by atoms with Crippen molar-refractivity contribution >= 4 is 132 Å². The lowest BCUT2D eigenvalue weighted by atomic mass is 9.30. The largest absolute Gasteiger partial charge is 0.456 e. The van der Waals surface area contributed by atoms with Crippen LogP contribution in [-0.4, -0.2) is 6.71 Å². The highest BCUT2D eigenvalue weighted by Crippen LogP contribution is 2.52. The SMILES string of the molecule is CC(C)(C)c1cc2c3c(c1)-c1c4c(cc5oc6ccccc6c5c4cc4oc5ccccc5c14)B3c1cc3oc4ccccc4c3c3cc4oc5ccccc5c4c-2c13. The van der Waals surface area contributed by atoms with Crippen molar-refractivity contribution in [3.05, 3.63) is 139 Å². The molecule has 0 bridgehead atoms. The Bertz CT molecular complexity index is 3870. The first-order chi connectivity index (χ1) is 28.9. The predicted molar refractivity (Wildman–Crippen MR) is 245 cm³/mol. The Morgan fingerprint density at radius 1 is 0.356 bits per heavy atom. The average molecular weight is 755 g/mol. The second-order valence-corrected chi connectivity index (χ2v) is 17.8. The normalized spacial score (nSPS) is 13.6. The summed E-state index contributed by atoms with van der Waals surface area (Å²) in [6.45, 7) is 6.89. The molecule has 0 radical (unpaired) electrons. The Morgan fingerprint density at radius 2 is 0.712 bits per heavy atom. The summed E-state index contributed by atoms with van der Waals surface area (Å²) in [5.41, 5.74) is 17.0. The first-order valence-corrected chi connectivity index (χ1v) is 20.5. The second kappa shape index (κ2) is 10.1. The van der Waals surface area contributed by atoms with Crippen LogP contribution in [0.5, 0.6) is 0 Å². The number of para-hydroxylation sites is 4. The number of hydrogen-bond acceptors (Lipinski definition) is 4. The Hall–Kier alpha value is -7.24. The van der Waals surface area contributed by atoms with Gasteiger partial charge in [-0.2, -0.15) is 0 Å². The third-order valence-electron chi connectivity index (χ3n) is 13.8. The molecule has 0 amide bonds. The van der Waals surface area contributed by atoms with Crippen molar-refractivity contribution in [1.29, 1.82) is 0 Å². The summed E-state index contributed by atoms with van der Waals surface area (Å²) in [5.74, 6) is 0. The third kappa shape index (κ3) is 3.61. The molecule has 0 fully saturated rings. The van der Waals surface area contributed by atoms with Gasteiger partial charge in [0.1, 0.15) is 44.7 Å². The fraction of sp³-hybridized carbons (Fsp3) is 0.0741. The van der Waals surface area contributed by atoms with Gasteiger partial charge in [0.25, 0.3) is 0 Å². The number of benzene rings is 9. The van der Waals surface area contributed by atoms with Crippen molar-refractivity contribution in [2.24, 2.45) is 0 Å². The number of furan rings is 4. The number of fused-ring (bicyclic) bond motifs is 20. The summed E-state index contributed by atoms with van der Waals surface area (Å²) in [6, 6.07) is 48.2. The van der Waals surface area contributed by atoms with Crippen LogP contribution in [0.15, 0.2) is 151 Å². The number of hydrogen-bond donors (Lipinski definition) is 0. The molecule has 0 N–H and O–H groups in total. The van der Waals surface area contributed by atoms with Crippen molar-refractivity contribution in [2.75, 3.05) is 0 Å². The zero-order valence-electron chi connectivity index (χ0n) is 32.4. The molecule has 4 nitrogen and oxygen atoms in total. The van der Waals surface area contributed by atoms with Crippen LogP contribution >= 0.6 is 0 Å². The van der Waals surface area contributed by atoms with E-state index >= 15 is 0 Å². The van der Waals surface area contributed by atoms with Crippen molar-refractivity contribution in [3.8, 4) is 22.3 Å². The van der Waals surface area contributed by atoms with Crippen LogP contribution < -0.4 is 16.4 Å². The lowest BCUT2D eigenvalue weighted by Gasteiger charge is -2.36. The number of rotatable bonds is 0. The monoisotopic (exact) mass is 754 g/mol. The average Bonchev–Trinajstić information content (AvgIpc) is 4.01. The second-order valence-electron chi connectivity index (χ2n) is 17.8. The Balaban J connectivity index is 1.26. The molecule has 0 atom stereocenters. The summed E-state index contributed by atoms with van der Waals surface area (Å²) in [5, 5.41) is 13.9. The van der Waals surface area contributed by atoms with E-state index in [0.29, 0.717) is 0 Å². The van der Waals surface area contributed by atoms with Crippen molar-refractivity contribution in [2.45, 2.75) is 26.2 Å². The molecular formula is C54H31BO4. The molecule has 5 heteroatoms. The first-order valence-electron chi connectivity index (χ1n) is 20.5. The van der Waals surface area contributed by atoms with Gasteiger partial charge < -0.3 is 17.7 Å². The van der Waals surface area contributed by atoms with Gasteiger partial charge in [0, 0.05) is 54.2 Å². The zero-order valence-corrected chi connectivity index (χ0v) is 32.4. The van der Waals surface area contributed by atoms with Crippen LogP contribution in [0.25, 0.3) is 132 Å². The van der Waals surface area contributed by atoms with Crippen molar-refractivity contribution in [1.82, 2.24) is 0 Å². The van der Waals surface area contributed by atoms with Gasteiger partial charge in [-0.3, -0.25) is 0 Å². The zero-order chi connectivity index (χ0) is 38.6. The molecule has 9 aromatic carbocycles. The van der Waals surface area contributed by atoms with E-state index in [2.05, 4.69) is 154 Å². The summed E-state index contributed by atoms with van der Waals surface area (Å²) >= 11 is 0. The van der Waals surface area contributed by atoms with E-state index in [1.54, 1.807) is 0 Å². The van der Waals surface area contributed by atoms with Crippen molar-refractivity contribution < 1.29 is 17.7 Å². The van der Waals surface area contributed by atoms with Gasteiger partial charge >= 0.3 is 0 Å². The smallest absolute Gasteiger partial charge is 0.244 e. The summed E-state index contributed by atoms with van der Waals surface area (Å²) in [6.07, 6.45) is 0. The maximum Gasteiger partial charge on any atom is 0.244 e. The fourth-order valence-corrected chi connectivity index (χ4v) is 11.4. The Labute approximate surface area is 336 Å². The lowest BCUT2D eigenvalue weighted by molar-refractivity contribution is 0.591. The fourth-order valence-electron chi connectivity index (χ4n) is 11.4. The molecule has 0 saturated heterocycles. The molecule has 274 valence electrons. The molecule has 4 aromatic heterocycles. The Kier molecular flexibility index (Phi) is 5.26. The van der Waals surface area contributed by atoms with E-state index < -0.39 is 0 Å². The molecule has 2 aliphatic rings. The van der Waals surface area contributed by atoms with Gasteiger partial charge in [-0.15, -0.1) is 0 Å². The van der Waals surface area contributed by atoms with Crippen LogP contribution in [0.4, 0.5) is 0 Å². The standard InChI is InChI=1S/C54H31BO4/c1-54(2,3)26-20-33-51-47-31(22-41-49(51)29-14-6-10-18-39(29)56-41)45-27-12-4-8-16-37(27)58-43(45)24-35(47)55-36-25-44-46(28-13-5-9-17-38(28)59-44)32-23-42-50(30-15-7-11-19-40(30)57-42)52(48(32)36)34(21-26)53(33)55/h4-25H,1-3H3. The van der Waals surface area contributed by atoms with Gasteiger partial charge in [-0.05, 0) is 92.2 Å². The van der Waals surface area contributed by atoms with Crippen LogP contribution in [0.2, 0.25) is 0 Å². The molecule has 6 heterocycles. The highest BCUT2D eigenvalue weighted by atomic mass is 16.3. The van der Waals surface area contributed by atoms with Crippen LogP contribution in [0.3, 0.4) is 0 Å². The third-order valence-corrected chi connectivity index (χ3v) is 13.8. The van der Waals surface area contributed by atoms with E-state index in [-0.39, 0.29) is 12.1 Å². The highest BCUT2D eigenvalue weighted by molar-refractivity contribution is 7.02. The van der Waals surface area contributed by atoms with Crippen molar-refractivity contribution in [3.63, 3.8) is 0 Å². The lowest BCUT2D eigenvalue weighted by Crippen LogP contribution is -2.57. The molecule has 15 rings (SSSR count). The van der Waals surface area contributed by atoms with Gasteiger partial charge in [-0.1, -0.05) is 122 Å². The molecule has 13 aromatic rings. The van der Waals surface area contributed by atoms with E-state index in [9.17, 15) is 0 Å². The quantitative estimate of drug-likeness (QED) is 0.145. The minimum Gasteiger partial charge on any atom is -0.456 e. The predicted octanol–water partition coefficient (Wildman–Crippen LogP) is 13.4. The van der Waals surface area contributed by atoms with E-state index in [1.807, 2.05) is 0 Å². The molecule has 0 spiro atoms. The first kappa shape index (κ1) is 30.8. The van der Waals surface area contributed by atoms with Gasteiger partial charge in [-0.25, -0.2) is 0 Å². The van der Waals surface area contributed by atoms with Crippen LogP contribution in [0, 0.1) is 0 Å². The van der Waals surface area contributed by atoms with Gasteiger partial charge in [0.2, 0.25) is 6.71 Å². The minimum atomic E-state index is -0.145. The molecule has 0 unspecified atom stereocenters. The molecule has 2 aliphatic heterocycles. The van der Waals surface area contributed by atoms with E-state index in [4.69, 9.17) is 17.7 Å². The summed E-state index contributed by atoms with van der Waals surface area (Å²) in [4.78, 5) is 0. The maximum atomic E-state index is 6.83. The maximum absolute atomic E-state index is 6.83. The van der Waals surface area contributed by atoms with Crippen LogP contribution in [-0.2, 0) is 5.41 Å². The van der Waals surface area contributed by atoms with Gasteiger partial charge in [0.05, 0.1) is 0 Å². The highest BCUT2D eigenvalue weighted by Gasteiger charge is 2.43. The molecule has 59 heavy (non-hydrogen) atoms. The molecule has 0 saturated carbocycles. The summed E-state index contributed by atoms with van der Waals surface area (Å²) in [7, 11) is 0. The molecule has 0 aliphatic carbocycles. The topological polar surface area (TPSA) is 52.6 Å². The Morgan fingerprint density at radius 3 is 1.10 bits per heavy atom. The van der Waals surface area contributed by atoms with E-state index in [0.717, 1.165) is 98.5 Å². The van der Waals surface area contributed by atoms with Crippen LogP contribution in [0.1, 0.15) is 26.3 Å². The minimum absolute atomic E-state index is 0.111. The summed E-state index contributed by atoms with van der Waals surface area (Å²) < 4.78 is 27.3. The van der Waals surface area contributed by atoms with Gasteiger partial charge in [0.15, 0.2) is 0 Å². The molecular weight excluding hydrogens is 723 g/mol. The van der Waals surface area contributed by atoms with E-state index in [1.165, 1.54) is 55.0 Å².